The molecule has 0 heterocycles. The molecule has 0 N–H and O–H groups in total. The molecule has 5 unspecified atom stereocenters. The molecular weight excluding hydrogens is 913 g/mol. The molecule has 0 amide bonds. The Morgan fingerprint density at radius 2 is 1.32 bits per heavy atom. The molecule has 0 saturated heterocycles. The van der Waals surface area contributed by atoms with Crippen LogP contribution in [-0.2, 0) is 0 Å². The van der Waals surface area contributed by atoms with Crippen LogP contribution < -0.4 is 0 Å². The Hall–Kier alpha value is -7.80. The quantitative estimate of drug-likeness (QED) is 0.143. The minimum Gasteiger partial charge on any atom is -0.0839 e. The van der Waals surface area contributed by atoms with Crippen LogP contribution in [0.2, 0.25) is 0 Å². The number of allylic oxidation sites excluding steroid dienone is 33. The molecule has 0 bridgehead atoms. The monoisotopic (exact) mass is 977 g/mol. The van der Waals surface area contributed by atoms with Crippen LogP contribution in [0.3, 0.4) is 0 Å². The van der Waals surface area contributed by atoms with Crippen LogP contribution in [0.4, 0.5) is 0 Å². The fourth-order valence-corrected chi connectivity index (χ4v) is 15.1. The summed E-state index contributed by atoms with van der Waals surface area (Å²) in [5.74, 6) is 2.16. The van der Waals surface area contributed by atoms with E-state index in [1.54, 1.807) is 11.1 Å². The van der Waals surface area contributed by atoms with Gasteiger partial charge in [-0.2, -0.15) is 0 Å². The van der Waals surface area contributed by atoms with Gasteiger partial charge in [-0.15, -0.1) is 0 Å². The van der Waals surface area contributed by atoms with Crippen molar-refractivity contribution < 1.29 is 0 Å². The van der Waals surface area contributed by atoms with Gasteiger partial charge in [-0.1, -0.05) is 219 Å². The summed E-state index contributed by atoms with van der Waals surface area (Å²) in [4.78, 5) is 0. The van der Waals surface area contributed by atoms with Gasteiger partial charge in [0.1, 0.15) is 0 Å². The Morgan fingerprint density at radius 1 is 0.487 bits per heavy atom. The van der Waals surface area contributed by atoms with Gasteiger partial charge in [0.05, 0.1) is 0 Å². The van der Waals surface area contributed by atoms with Crippen molar-refractivity contribution in [2.24, 2.45) is 23.7 Å². The van der Waals surface area contributed by atoms with Gasteiger partial charge >= 0.3 is 0 Å². The zero-order valence-electron chi connectivity index (χ0n) is 43.5. The maximum absolute atomic E-state index is 2.66. The SMILES string of the molecule is C1=CCC2CC3C(=CC2=C1)C=Cc1c(-c2ccc(C4=C(C5=CCCC=C5)C=C(C5=CC(C6=C7CCC=CC7=C(c7ccc8ccc9ccccc9c8c7)C7=CC=CCC76)=CCC5)CC4C4C=CC=CC4)cc2)cccc13. The topological polar surface area (TPSA) is 0 Å². The number of hydrogen-bond donors (Lipinski definition) is 0. The second kappa shape index (κ2) is 19.1. The van der Waals surface area contributed by atoms with Crippen molar-refractivity contribution in [3.8, 4) is 11.1 Å². The molecule has 0 heteroatoms. The highest BCUT2D eigenvalue weighted by atomic mass is 14.4. The van der Waals surface area contributed by atoms with Gasteiger partial charge < -0.3 is 0 Å². The van der Waals surface area contributed by atoms with E-state index in [4.69, 9.17) is 0 Å². The van der Waals surface area contributed by atoms with Crippen LogP contribution in [0, 0.1) is 23.7 Å². The van der Waals surface area contributed by atoms with Crippen molar-refractivity contribution in [1.82, 2.24) is 0 Å². The molecule has 0 radical (unpaired) electrons. The summed E-state index contributed by atoms with van der Waals surface area (Å²) in [5.41, 5.74) is 27.5. The lowest BCUT2D eigenvalue weighted by Crippen LogP contribution is -2.23. The molecular formula is C76H64. The average Bonchev–Trinajstić information content (AvgIpc) is 3.57. The Bertz CT molecular complexity index is 3880. The van der Waals surface area contributed by atoms with Gasteiger partial charge in [-0.25, -0.2) is 0 Å². The zero-order chi connectivity index (χ0) is 50.1. The summed E-state index contributed by atoms with van der Waals surface area (Å²) >= 11 is 0. The van der Waals surface area contributed by atoms with Gasteiger partial charge in [0.15, 0.2) is 0 Å². The average molecular weight is 977 g/mol. The zero-order valence-corrected chi connectivity index (χ0v) is 43.5. The lowest BCUT2D eigenvalue weighted by molar-refractivity contribution is 0.481. The van der Waals surface area contributed by atoms with Crippen molar-refractivity contribution in [3.63, 3.8) is 0 Å². The molecule has 10 aliphatic rings. The fraction of sp³-hybridized carbons (Fsp3) is 0.211. The second-order valence-electron chi connectivity index (χ2n) is 22.9. The number of hydrogen-bond acceptors (Lipinski definition) is 0. The first-order valence-electron chi connectivity index (χ1n) is 28.7. The summed E-state index contributed by atoms with van der Waals surface area (Å²) in [7, 11) is 0. The molecule has 0 aromatic heterocycles. The largest absolute Gasteiger partial charge is 0.0839 e. The van der Waals surface area contributed by atoms with E-state index in [1.165, 1.54) is 123 Å². The van der Waals surface area contributed by atoms with Gasteiger partial charge in [-0.3, -0.25) is 0 Å². The van der Waals surface area contributed by atoms with Crippen molar-refractivity contribution in [3.05, 3.63) is 302 Å². The fourth-order valence-electron chi connectivity index (χ4n) is 15.1. The second-order valence-corrected chi connectivity index (χ2v) is 22.9. The van der Waals surface area contributed by atoms with E-state index >= 15 is 0 Å². The van der Waals surface area contributed by atoms with Gasteiger partial charge in [0.2, 0.25) is 0 Å². The maximum Gasteiger partial charge on any atom is 0.0139 e. The number of rotatable bonds is 7. The minimum absolute atomic E-state index is 0.323. The van der Waals surface area contributed by atoms with E-state index in [1.807, 2.05) is 0 Å². The van der Waals surface area contributed by atoms with E-state index in [9.17, 15) is 0 Å². The number of fused-ring (bicyclic) bond motifs is 9. The first-order valence-corrected chi connectivity index (χ1v) is 28.7. The Morgan fingerprint density at radius 3 is 2.22 bits per heavy atom. The predicted molar refractivity (Wildman–Crippen MR) is 322 cm³/mol. The van der Waals surface area contributed by atoms with E-state index in [0.717, 1.165) is 64.2 Å². The van der Waals surface area contributed by atoms with Crippen molar-refractivity contribution in [2.75, 3.05) is 0 Å². The van der Waals surface area contributed by atoms with Crippen molar-refractivity contribution >= 4 is 38.8 Å². The highest BCUT2D eigenvalue weighted by Crippen LogP contribution is 2.54. The van der Waals surface area contributed by atoms with Gasteiger partial charge in [0, 0.05) is 11.8 Å². The first-order chi connectivity index (χ1) is 37.7. The third-order valence-electron chi connectivity index (χ3n) is 18.7. The van der Waals surface area contributed by atoms with E-state index in [0.29, 0.717) is 29.6 Å². The summed E-state index contributed by atoms with van der Waals surface area (Å²) in [6.07, 6.45) is 63.0. The molecule has 5 atom stereocenters. The standard InChI is InChI=1S/C76H64/c1-3-17-49(18-4-1)72-47-61(48-73(50-19-5-2-6-20-50)74(72)54-38-35-52(36-39-54)62-31-16-32-64-65(62)42-41-58-43-55-22-7-8-23-57(55)45-71(58)64)56-24-15-25-59(44-56)75-66-27-11-13-29-68(66)76(69-30-14-12-28-67(69)75)60-40-37-53-34-33-51-21-9-10-26-63(51)70(53)46-60/h1,3-5,7-11,13-14,16-17,19-22,25-26,29-44,46,48-49,57,66,71-72H,2,6,12,15,18,23-24,27-28,45,47H2. The summed E-state index contributed by atoms with van der Waals surface area (Å²) in [5, 5.41) is 5.27. The van der Waals surface area contributed by atoms with Gasteiger partial charge in [0.25, 0.3) is 0 Å². The van der Waals surface area contributed by atoms with Crippen LogP contribution in [0.25, 0.3) is 49.9 Å². The molecule has 0 aliphatic heterocycles. The highest BCUT2D eigenvalue weighted by molar-refractivity contribution is 6.09. The van der Waals surface area contributed by atoms with Crippen LogP contribution in [0.1, 0.15) is 98.8 Å². The minimum atomic E-state index is 0.323. The molecule has 10 aliphatic carbocycles. The summed E-state index contributed by atoms with van der Waals surface area (Å²) < 4.78 is 0. The smallest absolute Gasteiger partial charge is 0.0139 e. The Balaban J connectivity index is 0.825. The van der Waals surface area contributed by atoms with E-state index < -0.39 is 0 Å². The first kappa shape index (κ1) is 45.6. The van der Waals surface area contributed by atoms with E-state index in [2.05, 4.69) is 225 Å². The normalized spacial score (nSPS) is 25.2. The number of benzene rings is 5. The lowest BCUT2D eigenvalue weighted by Gasteiger charge is -2.38. The summed E-state index contributed by atoms with van der Waals surface area (Å²) in [6.45, 7) is 0. The predicted octanol–water partition coefficient (Wildman–Crippen LogP) is 20.0. The molecule has 0 nitrogen and oxygen atoms in total. The molecule has 0 saturated carbocycles. The Kier molecular flexibility index (Phi) is 11.5. The van der Waals surface area contributed by atoms with E-state index in [-0.39, 0.29) is 0 Å². The maximum atomic E-state index is 2.66. The molecule has 0 spiro atoms. The molecule has 5 aromatic rings. The lowest BCUT2D eigenvalue weighted by atomic mass is 9.65. The van der Waals surface area contributed by atoms with Crippen molar-refractivity contribution in [2.45, 2.75) is 76.5 Å². The molecule has 5 aromatic carbocycles. The van der Waals surface area contributed by atoms with Gasteiger partial charge in [-0.05, 0) is 222 Å². The third-order valence-corrected chi connectivity index (χ3v) is 18.7. The highest BCUT2D eigenvalue weighted by Gasteiger charge is 2.38. The molecule has 0 fully saturated rings. The summed E-state index contributed by atoms with van der Waals surface area (Å²) in [6, 6.07) is 37.5. The third kappa shape index (κ3) is 7.86. The molecule has 15 rings (SSSR count). The molecule has 368 valence electrons. The van der Waals surface area contributed by atoms with Crippen molar-refractivity contribution in [1.29, 1.82) is 0 Å². The van der Waals surface area contributed by atoms with Crippen LogP contribution in [0.15, 0.2) is 280 Å². The van der Waals surface area contributed by atoms with Crippen LogP contribution in [-0.4, -0.2) is 0 Å². The van der Waals surface area contributed by atoms with Crippen LogP contribution in [0.5, 0.6) is 0 Å². The Labute approximate surface area is 449 Å². The van der Waals surface area contributed by atoms with Crippen LogP contribution >= 0.6 is 0 Å². The molecule has 76 heavy (non-hydrogen) atoms.